The zero-order valence-corrected chi connectivity index (χ0v) is 16.5. The molecule has 2 amide bonds. The topological polar surface area (TPSA) is 94.5 Å². The summed E-state index contributed by atoms with van der Waals surface area (Å²) in [5.41, 5.74) is 0.877. The quantitative estimate of drug-likeness (QED) is 0.235. The molecule has 1 aromatic carbocycles. The lowest BCUT2D eigenvalue weighted by molar-refractivity contribution is -0.102. The largest absolute Gasteiger partial charge is 0.394 e. The van der Waals surface area contributed by atoms with Gasteiger partial charge in [0.05, 0.1) is 37.6 Å². The van der Waals surface area contributed by atoms with Crippen molar-refractivity contribution < 1.29 is 33.2 Å². The molecule has 0 radical (unpaired) electrons. The Labute approximate surface area is 160 Å². The van der Waals surface area contributed by atoms with Crippen molar-refractivity contribution in [3.05, 3.63) is 35.4 Å². The summed E-state index contributed by atoms with van der Waals surface area (Å²) in [5, 5.41) is 8.93. The van der Waals surface area contributed by atoms with E-state index in [1.165, 1.54) is 4.90 Å². The Morgan fingerprint density at radius 1 is 1.00 bits per heavy atom. The van der Waals surface area contributed by atoms with Crippen LogP contribution in [0.25, 0.3) is 0 Å². The van der Waals surface area contributed by atoms with Gasteiger partial charge in [-0.1, -0.05) is 12.1 Å². The second-order valence-electron chi connectivity index (χ2n) is 5.55. The molecule has 9 heteroatoms. The van der Waals surface area contributed by atoms with Gasteiger partial charge < -0.3 is 23.6 Å². The lowest BCUT2D eigenvalue weighted by Gasteiger charge is -2.25. The van der Waals surface area contributed by atoms with Crippen LogP contribution in [0, 0.1) is 0 Å². The summed E-state index contributed by atoms with van der Waals surface area (Å²) in [6, 6.07) is 6.10. The summed E-state index contributed by atoms with van der Waals surface area (Å²) < 4.78 is 22.3. The monoisotopic (exact) mass is 399 g/mol. The number of carbonyl (C=O) groups is 2. The molecule has 0 saturated carbocycles. The fourth-order valence-corrected chi connectivity index (χ4v) is 3.95. The summed E-state index contributed by atoms with van der Waals surface area (Å²) in [6.07, 6.45) is 0.468. The smallest absolute Gasteiger partial charge is 0.261 e. The molecule has 0 aliphatic carbocycles. The van der Waals surface area contributed by atoms with Gasteiger partial charge in [-0.2, -0.15) is 0 Å². The third-order valence-electron chi connectivity index (χ3n) is 3.71. The number of benzene rings is 1. The molecule has 1 aliphatic heterocycles. The first kappa shape index (κ1) is 21.9. The summed E-state index contributed by atoms with van der Waals surface area (Å²) >= 11 is 0. The Morgan fingerprint density at radius 3 is 2.22 bits per heavy atom. The van der Waals surface area contributed by atoms with Crippen molar-refractivity contribution >= 4 is 20.2 Å². The predicted molar refractivity (Wildman–Crippen MR) is 99.4 cm³/mol. The van der Waals surface area contributed by atoms with Crippen LogP contribution in [0.1, 0.15) is 41.0 Å². The average Bonchev–Trinajstić information content (AvgIpc) is 2.92. The first-order valence-corrected chi connectivity index (χ1v) is 10.2. The van der Waals surface area contributed by atoms with Crippen molar-refractivity contribution in [1.82, 2.24) is 4.90 Å². The van der Waals surface area contributed by atoms with Crippen molar-refractivity contribution in [2.24, 2.45) is 0 Å². The molecule has 0 fully saturated rings. The van der Waals surface area contributed by atoms with E-state index in [4.69, 9.17) is 23.6 Å². The van der Waals surface area contributed by atoms with Gasteiger partial charge >= 0.3 is 0 Å². The standard InChI is InChI=1S/C18H26NO7P/c1-3-23-18(24-13-11-20)27(25-4-2)26-12-7-10-19-16(21)14-8-5-6-9-15(14)17(19)22/h5-6,8-9,18,20H,3-4,7,10-13H2,1-2H3. The predicted octanol–water partition coefficient (Wildman–Crippen LogP) is 2.37. The van der Waals surface area contributed by atoms with Crippen LogP contribution in [0.5, 0.6) is 0 Å². The minimum atomic E-state index is -1.48. The van der Waals surface area contributed by atoms with E-state index in [1.807, 2.05) is 13.8 Å². The van der Waals surface area contributed by atoms with E-state index in [-0.39, 0.29) is 38.2 Å². The molecule has 1 N–H and O–H groups in total. The lowest BCUT2D eigenvalue weighted by Crippen LogP contribution is -2.31. The van der Waals surface area contributed by atoms with E-state index in [9.17, 15) is 9.59 Å². The molecule has 1 aliphatic rings. The number of carbonyl (C=O) groups excluding carboxylic acids is 2. The maximum Gasteiger partial charge on any atom is 0.261 e. The number of amides is 2. The number of rotatable bonds is 13. The van der Waals surface area contributed by atoms with Gasteiger partial charge in [-0.3, -0.25) is 14.5 Å². The molecule has 150 valence electrons. The van der Waals surface area contributed by atoms with Gasteiger partial charge in [0, 0.05) is 13.2 Å². The van der Waals surface area contributed by atoms with Crippen molar-refractivity contribution in [3.8, 4) is 0 Å². The molecule has 1 heterocycles. The number of imide groups is 1. The van der Waals surface area contributed by atoms with Gasteiger partial charge in [0.15, 0.2) is 0 Å². The third kappa shape index (κ3) is 5.78. The molecule has 0 aromatic heterocycles. The van der Waals surface area contributed by atoms with Gasteiger partial charge in [-0.15, -0.1) is 0 Å². The van der Waals surface area contributed by atoms with Gasteiger partial charge in [-0.05, 0) is 32.4 Å². The normalized spacial score (nSPS) is 15.9. The van der Waals surface area contributed by atoms with Crippen LogP contribution in [0.4, 0.5) is 0 Å². The molecule has 27 heavy (non-hydrogen) atoms. The number of hydrogen-bond donors (Lipinski definition) is 1. The number of aliphatic hydroxyl groups is 1. The number of aliphatic hydroxyl groups excluding tert-OH is 1. The molecule has 0 spiro atoms. The zero-order chi connectivity index (χ0) is 19.6. The minimum Gasteiger partial charge on any atom is -0.394 e. The van der Waals surface area contributed by atoms with E-state index in [1.54, 1.807) is 24.3 Å². The van der Waals surface area contributed by atoms with Gasteiger partial charge in [-0.25, -0.2) is 0 Å². The summed E-state index contributed by atoms with van der Waals surface area (Å²) in [5.74, 6) is -0.553. The number of hydrogen-bond acceptors (Lipinski definition) is 7. The molecule has 0 saturated heterocycles. The van der Waals surface area contributed by atoms with Crippen molar-refractivity contribution in [2.45, 2.75) is 26.3 Å². The number of nitrogens with zero attached hydrogens (tertiary/aromatic N) is 1. The van der Waals surface area contributed by atoms with Crippen LogP contribution in [0.2, 0.25) is 0 Å². The van der Waals surface area contributed by atoms with Crippen molar-refractivity contribution in [2.75, 3.05) is 39.6 Å². The first-order chi connectivity index (χ1) is 13.1. The highest BCUT2D eigenvalue weighted by atomic mass is 31.2. The fraction of sp³-hybridized carbons (Fsp3) is 0.556. The summed E-state index contributed by atoms with van der Waals surface area (Å²) in [4.78, 5) is 25.9. The highest BCUT2D eigenvalue weighted by molar-refractivity contribution is 7.47. The Balaban J connectivity index is 1.84. The molecule has 1 aromatic rings. The molecule has 8 nitrogen and oxygen atoms in total. The summed E-state index contributed by atoms with van der Waals surface area (Å²) in [7, 11) is -1.48. The van der Waals surface area contributed by atoms with Gasteiger partial charge in [0.25, 0.3) is 11.8 Å². The highest BCUT2D eigenvalue weighted by Gasteiger charge is 2.34. The maximum atomic E-state index is 12.3. The molecular formula is C18H26NO7P. The Bertz CT molecular complexity index is 592. The molecule has 0 bridgehead atoms. The van der Waals surface area contributed by atoms with E-state index < -0.39 is 14.4 Å². The minimum absolute atomic E-state index is 0.120. The molecular weight excluding hydrogens is 373 g/mol. The Morgan fingerprint density at radius 2 is 1.67 bits per heavy atom. The van der Waals surface area contributed by atoms with Crippen molar-refractivity contribution in [1.29, 1.82) is 0 Å². The Hall–Kier alpha value is -1.41. The van der Waals surface area contributed by atoms with Gasteiger partial charge in [0.2, 0.25) is 14.4 Å². The number of ether oxygens (including phenoxy) is 2. The second kappa shape index (κ2) is 11.4. The maximum absolute atomic E-state index is 12.3. The number of fused-ring (bicyclic) bond motifs is 1. The average molecular weight is 399 g/mol. The van der Waals surface area contributed by atoms with E-state index >= 15 is 0 Å². The fourth-order valence-electron chi connectivity index (χ4n) is 2.57. The molecule has 2 atom stereocenters. The van der Waals surface area contributed by atoms with Crippen molar-refractivity contribution in [3.63, 3.8) is 0 Å². The lowest BCUT2D eigenvalue weighted by atomic mass is 10.1. The first-order valence-electron chi connectivity index (χ1n) is 8.98. The second-order valence-corrected chi connectivity index (χ2v) is 7.06. The van der Waals surface area contributed by atoms with Crippen LogP contribution in [0.15, 0.2) is 24.3 Å². The molecule has 2 rings (SSSR count). The van der Waals surface area contributed by atoms with E-state index in [0.717, 1.165) is 0 Å². The van der Waals surface area contributed by atoms with Crippen LogP contribution in [-0.4, -0.2) is 67.4 Å². The van der Waals surface area contributed by atoms with Crippen LogP contribution in [0.3, 0.4) is 0 Å². The SMILES string of the molecule is CCOC(OCCO)P(OCC)OCCCN1C(=O)c2ccccc2C1=O. The molecule has 2 unspecified atom stereocenters. The third-order valence-corrected chi connectivity index (χ3v) is 5.30. The summed E-state index contributed by atoms with van der Waals surface area (Å²) in [6.45, 7) is 5.05. The highest BCUT2D eigenvalue weighted by Crippen LogP contribution is 2.45. The van der Waals surface area contributed by atoms with Crippen LogP contribution >= 0.6 is 8.38 Å². The van der Waals surface area contributed by atoms with Crippen LogP contribution in [-0.2, 0) is 18.5 Å². The van der Waals surface area contributed by atoms with Crippen LogP contribution < -0.4 is 0 Å². The van der Waals surface area contributed by atoms with E-state index in [0.29, 0.717) is 30.8 Å². The van der Waals surface area contributed by atoms with Gasteiger partial charge in [0.1, 0.15) is 0 Å². The Kier molecular flexibility index (Phi) is 9.27. The van der Waals surface area contributed by atoms with E-state index in [2.05, 4.69) is 0 Å². The zero-order valence-electron chi connectivity index (χ0n) is 15.6.